The molecule has 0 aromatic heterocycles. The van der Waals surface area contributed by atoms with Crippen molar-refractivity contribution in [3.05, 3.63) is 65.0 Å². The van der Waals surface area contributed by atoms with Crippen LogP contribution in [0.2, 0.25) is 0 Å². The molecular formula is C32H47FN4O4. The van der Waals surface area contributed by atoms with E-state index < -0.39 is 18.1 Å². The third-order valence-electron chi connectivity index (χ3n) is 7.41. The standard InChI is InChI=1S/C32H47FN4O4/c1-10-35-25(18-21-11-14-23(33)15-12-21)30(40)37(9)28(20(2)3)31(41)36(8)26(29(39)34-7)19-22-13-16-27(38)24(17-22)32(4,5)6/h11-17,20,25-26,28,35,38H,10,18-19H2,1-9H3,(H,34,39). The molecule has 3 unspecified atom stereocenters. The van der Waals surface area contributed by atoms with Crippen molar-refractivity contribution < 1.29 is 23.9 Å². The third kappa shape index (κ3) is 8.76. The van der Waals surface area contributed by atoms with Gasteiger partial charge < -0.3 is 25.5 Å². The minimum atomic E-state index is -0.835. The van der Waals surface area contributed by atoms with Crippen molar-refractivity contribution in [2.24, 2.45) is 5.92 Å². The zero-order valence-electron chi connectivity index (χ0n) is 25.9. The van der Waals surface area contributed by atoms with E-state index in [0.29, 0.717) is 13.0 Å². The summed E-state index contributed by atoms with van der Waals surface area (Å²) in [6, 6.07) is 8.99. The fourth-order valence-electron chi connectivity index (χ4n) is 5.10. The molecule has 9 heteroatoms. The van der Waals surface area contributed by atoms with Gasteiger partial charge >= 0.3 is 0 Å². The van der Waals surface area contributed by atoms with Crippen LogP contribution in [0.1, 0.15) is 58.2 Å². The van der Waals surface area contributed by atoms with Crippen LogP contribution in [0.15, 0.2) is 42.5 Å². The van der Waals surface area contributed by atoms with E-state index in [2.05, 4.69) is 10.6 Å². The van der Waals surface area contributed by atoms with Gasteiger partial charge in [0.15, 0.2) is 0 Å². The van der Waals surface area contributed by atoms with Crippen LogP contribution in [-0.4, -0.2) is 78.4 Å². The van der Waals surface area contributed by atoms with Crippen LogP contribution in [0.4, 0.5) is 4.39 Å². The van der Waals surface area contributed by atoms with Gasteiger partial charge in [-0.3, -0.25) is 14.4 Å². The van der Waals surface area contributed by atoms with E-state index in [4.69, 9.17) is 0 Å². The SMILES string of the molecule is CCNC(Cc1ccc(F)cc1)C(=O)N(C)C(C(=O)N(C)C(Cc1ccc(O)c(C(C)(C)C)c1)C(=O)NC)C(C)C. The average molecular weight is 571 g/mol. The number of carbonyl (C=O) groups is 3. The molecule has 3 amide bonds. The number of hydrogen-bond acceptors (Lipinski definition) is 5. The van der Waals surface area contributed by atoms with E-state index in [1.54, 1.807) is 38.4 Å². The van der Waals surface area contributed by atoms with Gasteiger partial charge in [0.05, 0.1) is 6.04 Å². The van der Waals surface area contributed by atoms with Crippen LogP contribution in [0, 0.1) is 11.7 Å². The molecule has 0 aliphatic heterocycles. The summed E-state index contributed by atoms with van der Waals surface area (Å²) in [5, 5.41) is 16.3. The molecule has 0 saturated carbocycles. The van der Waals surface area contributed by atoms with E-state index >= 15 is 0 Å². The van der Waals surface area contributed by atoms with E-state index in [-0.39, 0.29) is 47.0 Å². The first-order chi connectivity index (χ1) is 19.1. The molecule has 0 spiro atoms. The lowest BCUT2D eigenvalue weighted by atomic mass is 9.84. The lowest BCUT2D eigenvalue weighted by molar-refractivity contribution is -0.149. The molecule has 3 N–H and O–H groups in total. The number of halogens is 1. The Morgan fingerprint density at radius 3 is 2.02 bits per heavy atom. The summed E-state index contributed by atoms with van der Waals surface area (Å²) < 4.78 is 13.4. The van der Waals surface area contributed by atoms with Crippen molar-refractivity contribution in [3.63, 3.8) is 0 Å². The molecule has 0 bridgehead atoms. The first-order valence-electron chi connectivity index (χ1n) is 14.2. The Morgan fingerprint density at radius 2 is 1.51 bits per heavy atom. The van der Waals surface area contributed by atoms with Crippen LogP contribution in [0.5, 0.6) is 5.75 Å². The number of nitrogens with zero attached hydrogens (tertiary/aromatic N) is 2. The summed E-state index contributed by atoms with van der Waals surface area (Å²) in [5.41, 5.74) is 2.04. The van der Waals surface area contributed by atoms with Crippen molar-refractivity contribution >= 4 is 17.7 Å². The number of carbonyl (C=O) groups excluding carboxylic acids is 3. The Hall–Kier alpha value is -3.46. The van der Waals surface area contributed by atoms with Crippen LogP contribution in [0.3, 0.4) is 0 Å². The fourth-order valence-corrected chi connectivity index (χ4v) is 5.10. The van der Waals surface area contributed by atoms with Gasteiger partial charge in [0.2, 0.25) is 17.7 Å². The van der Waals surface area contributed by atoms with Crippen molar-refractivity contribution in [2.75, 3.05) is 27.7 Å². The van der Waals surface area contributed by atoms with E-state index in [9.17, 15) is 23.9 Å². The lowest BCUT2D eigenvalue weighted by Gasteiger charge is -2.37. The number of amides is 3. The molecule has 226 valence electrons. The highest BCUT2D eigenvalue weighted by molar-refractivity contribution is 5.93. The van der Waals surface area contributed by atoms with E-state index in [1.807, 2.05) is 47.6 Å². The summed E-state index contributed by atoms with van der Waals surface area (Å²) in [4.78, 5) is 43.6. The second kappa shape index (κ2) is 14.4. The van der Waals surface area contributed by atoms with Gasteiger partial charge in [-0.05, 0) is 59.2 Å². The number of aromatic hydroxyl groups is 1. The average Bonchev–Trinajstić information content (AvgIpc) is 2.91. The predicted molar refractivity (Wildman–Crippen MR) is 160 cm³/mol. The van der Waals surface area contributed by atoms with Crippen LogP contribution < -0.4 is 10.6 Å². The summed E-state index contributed by atoms with van der Waals surface area (Å²) in [6.45, 7) is 12.1. The van der Waals surface area contributed by atoms with Gasteiger partial charge in [0.1, 0.15) is 23.7 Å². The molecule has 0 aliphatic carbocycles. The number of likely N-dealkylation sites (N-methyl/N-ethyl adjacent to an activating group) is 4. The predicted octanol–water partition coefficient (Wildman–Crippen LogP) is 3.65. The van der Waals surface area contributed by atoms with Gasteiger partial charge in [-0.15, -0.1) is 0 Å². The molecule has 41 heavy (non-hydrogen) atoms. The largest absolute Gasteiger partial charge is 0.508 e. The van der Waals surface area contributed by atoms with Gasteiger partial charge in [-0.1, -0.05) is 65.8 Å². The highest BCUT2D eigenvalue weighted by atomic mass is 19.1. The minimum Gasteiger partial charge on any atom is -0.508 e. The third-order valence-corrected chi connectivity index (χ3v) is 7.41. The van der Waals surface area contributed by atoms with Gasteiger partial charge in [0, 0.05) is 27.6 Å². The van der Waals surface area contributed by atoms with Gasteiger partial charge in [-0.25, -0.2) is 4.39 Å². The molecule has 0 fully saturated rings. The zero-order valence-corrected chi connectivity index (χ0v) is 25.9. The second-order valence-electron chi connectivity index (χ2n) is 12.0. The Labute approximate surface area is 244 Å². The number of rotatable bonds is 12. The maximum absolute atomic E-state index is 14.0. The smallest absolute Gasteiger partial charge is 0.246 e. The Bertz CT molecular complexity index is 1190. The maximum atomic E-state index is 14.0. The first-order valence-corrected chi connectivity index (χ1v) is 14.2. The first kappa shape index (κ1) is 33.7. The highest BCUT2D eigenvalue weighted by Crippen LogP contribution is 2.32. The van der Waals surface area contributed by atoms with E-state index in [1.165, 1.54) is 29.0 Å². The molecule has 8 nitrogen and oxygen atoms in total. The molecule has 0 aliphatic rings. The van der Waals surface area contributed by atoms with Crippen LogP contribution in [0.25, 0.3) is 0 Å². The molecule has 2 rings (SSSR count). The molecule has 3 atom stereocenters. The van der Waals surface area contributed by atoms with E-state index in [0.717, 1.165) is 16.7 Å². The molecule has 0 saturated heterocycles. The molecular weight excluding hydrogens is 523 g/mol. The maximum Gasteiger partial charge on any atom is 0.246 e. The van der Waals surface area contributed by atoms with Crippen molar-refractivity contribution in [1.82, 2.24) is 20.4 Å². The van der Waals surface area contributed by atoms with Gasteiger partial charge in [0.25, 0.3) is 0 Å². The zero-order chi connectivity index (χ0) is 31.1. The van der Waals surface area contributed by atoms with Crippen LogP contribution >= 0.6 is 0 Å². The lowest BCUT2D eigenvalue weighted by Crippen LogP contribution is -2.59. The number of nitrogens with one attached hydrogen (secondary N) is 2. The number of phenolic OH excluding ortho intramolecular Hbond substituents is 1. The fraction of sp³-hybridized carbons (Fsp3) is 0.531. The Balaban J connectivity index is 2.35. The number of phenols is 1. The van der Waals surface area contributed by atoms with Gasteiger partial charge in [-0.2, -0.15) is 0 Å². The minimum absolute atomic E-state index is 0.179. The van der Waals surface area contributed by atoms with Crippen molar-refractivity contribution in [2.45, 2.75) is 77.9 Å². The van der Waals surface area contributed by atoms with Crippen LogP contribution in [-0.2, 0) is 32.6 Å². The molecule has 2 aromatic rings. The van der Waals surface area contributed by atoms with Crippen molar-refractivity contribution in [3.8, 4) is 5.75 Å². The normalized spacial score (nSPS) is 13.8. The Morgan fingerprint density at radius 1 is 0.927 bits per heavy atom. The topological polar surface area (TPSA) is 102 Å². The second-order valence-corrected chi connectivity index (χ2v) is 12.0. The monoisotopic (exact) mass is 570 g/mol. The quantitative estimate of drug-likeness (QED) is 0.362. The highest BCUT2D eigenvalue weighted by Gasteiger charge is 2.38. The summed E-state index contributed by atoms with van der Waals surface area (Å²) in [5.74, 6) is -1.35. The number of benzene rings is 2. The number of hydrogen-bond donors (Lipinski definition) is 3. The Kier molecular flexibility index (Phi) is 11.9. The molecule has 2 aromatic carbocycles. The summed E-state index contributed by atoms with van der Waals surface area (Å²) in [6.07, 6.45) is 0.572. The van der Waals surface area contributed by atoms with Crippen molar-refractivity contribution in [1.29, 1.82) is 0 Å². The summed E-state index contributed by atoms with van der Waals surface area (Å²) in [7, 11) is 4.72. The molecule has 0 heterocycles. The molecule has 0 radical (unpaired) electrons. The summed E-state index contributed by atoms with van der Waals surface area (Å²) >= 11 is 0.